The smallest absolute Gasteiger partial charge is 0.259 e. The number of aryl methyl sites for hydroxylation is 1. The molecule has 0 unspecified atom stereocenters. The summed E-state index contributed by atoms with van der Waals surface area (Å²) in [6, 6.07) is 7.46. The van der Waals surface area contributed by atoms with Gasteiger partial charge in [0.15, 0.2) is 11.5 Å². The molecule has 0 aromatic heterocycles. The molecular weight excluding hydrogens is 522 g/mol. The molecule has 1 aliphatic carbocycles. The van der Waals surface area contributed by atoms with E-state index in [2.05, 4.69) is 30.1 Å². The monoisotopic (exact) mass is 555 g/mol. The first kappa shape index (κ1) is 29.6. The number of aliphatic imine (C=N–C) groups is 1. The molecule has 0 atom stereocenters. The predicted octanol–water partition coefficient (Wildman–Crippen LogP) is 5.36. The number of carbonyl (C=O) groups excluding carboxylic acids is 2. The molecule has 208 valence electrons. The van der Waals surface area contributed by atoms with Crippen molar-refractivity contribution < 1.29 is 28.5 Å². The lowest BCUT2D eigenvalue weighted by atomic mass is 10.0. The maximum atomic E-state index is 13.4. The first-order valence-electron chi connectivity index (χ1n) is 12.4. The summed E-state index contributed by atoms with van der Waals surface area (Å²) in [5.74, 6) is -0.348. The van der Waals surface area contributed by atoms with E-state index in [1.807, 2.05) is 19.1 Å². The average molecular weight is 556 g/mol. The first-order chi connectivity index (χ1) is 18.6. The summed E-state index contributed by atoms with van der Waals surface area (Å²) in [7, 11) is 5.70. The molecule has 0 saturated heterocycles. The molecule has 1 aliphatic rings. The van der Waals surface area contributed by atoms with Gasteiger partial charge in [0.2, 0.25) is 17.3 Å². The highest BCUT2D eigenvalue weighted by Gasteiger charge is 2.29. The Morgan fingerprint density at radius 2 is 1.59 bits per heavy atom. The molecule has 0 saturated carbocycles. The molecule has 0 fully saturated rings. The van der Waals surface area contributed by atoms with Crippen molar-refractivity contribution >= 4 is 40.4 Å². The second kappa shape index (κ2) is 12.7. The molecule has 0 spiro atoms. The number of hydrogen-bond acceptors (Lipinski definition) is 8. The topological polar surface area (TPSA) is 98.7 Å². The van der Waals surface area contributed by atoms with Gasteiger partial charge in [0.25, 0.3) is 5.91 Å². The van der Waals surface area contributed by atoms with Crippen LogP contribution in [0, 0.1) is 6.92 Å². The largest absolute Gasteiger partial charge is 0.493 e. The quantitative estimate of drug-likeness (QED) is 0.394. The molecule has 39 heavy (non-hydrogen) atoms. The van der Waals surface area contributed by atoms with E-state index in [1.165, 1.54) is 40.6 Å². The molecule has 0 aliphatic heterocycles. The summed E-state index contributed by atoms with van der Waals surface area (Å²) < 4.78 is 21.6. The molecular formula is C29H34ClN3O6. The highest BCUT2D eigenvalue weighted by atomic mass is 35.5. The van der Waals surface area contributed by atoms with Gasteiger partial charge in [-0.1, -0.05) is 11.6 Å². The van der Waals surface area contributed by atoms with Crippen LogP contribution in [0.2, 0.25) is 0 Å². The Bertz CT molecular complexity index is 1380. The summed E-state index contributed by atoms with van der Waals surface area (Å²) >= 11 is 6.41. The highest BCUT2D eigenvalue weighted by Crippen LogP contribution is 2.46. The van der Waals surface area contributed by atoms with Gasteiger partial charge in [-0.05, 0) is 63.1 Å². The molecule has 2 aromatic rings. The van der Waals surface area contributed by atoms with Crippen LogP contribution in [0.4, 0.5) is 11.4 Å². The lowest BCUT2D eigenvalue weighted by Crippen LogP contribution is -2.31. The lowest BCUT2D eigenvalue weighted by molar-refractivity contribution is -0.112. The second-order valence-electron chi connectivity index (χ2n) is 8.65. The van der Waals surface area contributed by atoms with Gasteiger partial charge < -0.3 is 29.2 Å². The zero-order valence-corrected chi connectivity index (χ0v) is 24.3. The van der Waals surface area contributed by atoms with Crippen molar-refractivity contribution in [2.45, 2.75) is 27.7 Å². The van der Waals surface area contributed by atoms with Crippen LogP contribution in [-0.2, 0) is 4.79 Å². The fraction of sp³-hybridized carbons (Fsp3) is 0.345. The van der Waals surface area contributed by atoms with Gasteiger partial charge in [-0.2, -0.15) is 0 Å². The van der Waals surface area contributed by atoms with Crippen molar-refractivity contribution in [1.29, 1.82) is 0 Å². The number of ether oxygens (including phenoxy) is 4. The van der Waals surface area contributed by atoms with Crippen molar-refractivity contribution in [3.63, 3.8) is 0 Å². The fourth-order valence-electron chi connectivity index (χ4n) is 4.29. The van der Waals surface area contributed by atoms with Gasteiger partial charge in [0.1, 0.15) is 0 Å². The molecule has 9 nitrogen and oxygen atoms in total. The molecule has 0 heterocycles. The van der Waals surface area contributed by atoms with Crippen LogP contribution in [0.25, 0.3) is 0 Å². The second-order valence-corrected chi connectivity index (χ2v) is 9.02. The van der Waals surface area contributed by atoms with E-state index in [1.54, 1.807) is 6.92 Å². The summed E-state index contributed by atoms with van der Waals surface area (Å²) in [6.45, 7) is 9.70. The van der Waals surface area contributed by atoms with E-state index in [0.29, 0.717) is 11.3 Å². The van der Waals surface area contributed by atoms with Gasteiger partial charge in [0.05, 0.1) is 56.1 Å². The minimum atomic E-state index is -0.631. The van der Waals surface area contributed by atoms with Crippen LogP contribution in [-0.4, -0.2) is 58.9 Å². The minimum absolute atomic E-state index is 0.0254. The number of nitrogens with zero attached hydrogens (tertiary/aromatic N) is 2. The van der Waals surface area contributed by atoms with Gasteiger partial charge in [-0.25, -0.2) is 4.99 Å². The number of nitrogens with one attached hydrogen (secondary N) is 1. The maximum absolute atomic E-state index is 13.4. The number of rotatable bonds is 10. The fourth-order valence-corrected chi connectivity index (χ4v) is 4.49. The normalized spacial score (nSPS) is 14.2. The zero-order valence-electron chi connectivity index (χ0n) is 23.5. The molecule has 0 radical (unpaired) electrons. The van der Waals surface area contributed by atoms with Crippen LogP contribution < -0.4 is 29.2 Å². The number of methoxy groups -OCH3 is 4. The number of halogens is 1. The summed E-state index contributed by atoms with van der Waals surface area (Å²) in [6.07, 6.45) is 1.52. The van der Waals surface area contributed by atoms with E-state index in [4.69, 9.17) is 35.5 Å². The van der Waals surface area contributed by atoms with Crippen LogP contribution in [0.15, 0.2) is 51.6 Å². The van der Waals surface area contributed by atoms with E-state index in [9.17, 15) is 9.59 Å². The Morgan fingerprint density at radius 3 is 2.13 bits per heavy atom. The minimum Gasteiger partial charge on any atom is -0.493 e. The third-order valence-electron chi connectivity index (χ3n) is 6.47. The van der Waals surface area contributed by atoms with Crippen LogP contribution in [0.1, 0.15) is 36.7 Å². The van der Waals surface area contributed by atoms with Crippen molar-refractivity contribution in [1.82, 2.24) is 5.32 Å². The van der Waals surface area contributed by atoms with Crippen molar-refractivity contribution in [3.05, 3.63) is 57.8 Å². The number of allylic oxidation sites excluding steroid dienone is 3. The number of Topliss-reactive ketones (excluding diaryl/α,β-unsaturated/α-hetero) is 1. The van der Waals surface area contributed by atoms with Gasteiger partial charge >= 0.3 is 0 Å². The molecule has 0 bridgehead atoms. The Hall–Kier alpha value is -3.98. The number of carbonyl (C=O) groups is 2. The van der Waals surface area contributed by atoms with E-state index in [-0.39, 0.29) is 39.3 Å². The Labute approximate surface area is 234 Å². The number of benzene rings is 2. The third-order valence-corrected chi connectivity index (χ3v) is 6.92. The average Bonchev–Trinajstić information content (AvgIpc) is 2.94. The zero-order chi connectivity index (χ0) is 28.9. The standard InChI is InChI=1S/C29H34ClN3O6/c1-9-33(10-2)18-11-12-20(16(3)13-18)31-21-15-22(25(34)24(30)17(21)4)32-29(35)19-14-23(36-5)27(38-7)28(39-8)26(19)37-6/h11-15H,9-10H2,1-8H3,(H,32,35). The summed E-state index contributed by atoms with van der Waals surface area (Å²) in [4.78, 5) is 33.4. The maximum Gasteiger partial charge on any atom is 0.259 e. The molecule has 3 rings (SSSR count). The van der Waals surface area contributed by atoms with Gasteiger partial charge in [0, 0.05) is 24.8 Å². The lowest BCUT2D eigenvalue weighted by Gasteiger charge is -2.22. The SMILES string of the molecule is CCN(CC)c1ccc(N=C2C=C(NC(=O)c3cc(OC)c(OC)c(OC)c3OC)C(=O)C(Cl)=C2C)c(C)c1. The number of ketones is 1. The van der Waals surface area contributed by atoms with Gasteiger partial charge in [-0.15, -0.1) is 0 Å². The molecule has 10 heteroatoms. The highest BCUT2D eigenvalue weighted by molar-refractivity contribution is 6.49. The summed E-state index contributed by atoms with van der Waals surface area (Å²) in [5.41, 5.74) is 3.82. The van der Waals surface area contributed by atoms with E-state index in [0.717, 1.165) is 30.0 Å². The van der Waals surface area contributed by atoms with E-state index < -0.39 is 11.7 Å². The molecule has 1 amide bonds. The third kappa shape index (κ3) is 5.88. The van der Waals surface area contributed by atoms with Gasteiger partial charge in [-0.3, -0.25) is 9.59 Å². The Balaban J connectivity index is 2.03. The number of hydrogen-bond donors (Lipinski definition) is 1. The molecule has 1 N–H and O–H groups in total. The molecule has 2 aromatic carbocycles. The summed E-state index contributed by atoms with van der Waals surface area (Å²) in [5, 5.41) is 2.63. The Morgan fingerprint density at radius 1 is 0.949 bits per heavy atom. The predicted molar refractivity (Wildman–Crippen MR) is 154 cm³/mol. The van der Waals surface area contributed by atoms with Crippen molar-refractivity contribution in [3.8, 4) is 23.0 Å². The number of amides is 1. The van der Waals surface area contributed by atoms with Crippen LogP contribution >= 0.6 is 11.6 Å². The van der Waals surface area contributed by atoms with Crippen molar-refractivity contribution in [2.24, 2.45) is 4.99 Å². The van der Waals surface area contributed by atoms with Crippen LogP contribution in [0.3, 0.4) is 0 Å². The van der Waals surface area contributed by atoms with Crippen molar-refractivity contribution in [2.75, 3.05) is 46.4 Å². The first-order valence-corrected chi connectivity index (χ1v) is 12.8. The number of anilines is 1. The van der Waals surface area contributed by atoms with Crippen LogP contribution in [0.5, 0.6) is 23.0 Å². The Kier molecular flexibility index (Phi) is 9.64. The van der Waals surface area contributed by atoms with E-state index >= 15 is 0 Å².